The van der Waals surface area contributed by atoms with Crippen LogP contribution in [0.3, 0.4) is 0 Å². The second-order valence-electron chi connectivity index (χ2n) is 6.88. The van der Waals surface area contributed by atoms with Gasteiger partial charge in [-0.3, -0.25) is 9.69 Å². The topological polar surface area (TPSA) is 98.4 Å². The molecule has 0 fully saturated rings. The Morgan fingerprint density at radius 3 is 2.58 bits per heavy atom. The second-order valence-corrected chi connectivity index (χ2v) is 8.51. The molecule has 0 N–H and O–H groups in total. The van der Waals surface area contributed by atoms with Gasteiger partial charge in [-0.2, -0.15) is 0 Å². The number of amides is 1. The maximum Gasteiger partial charge on any atom is 0.343 e. The number of thiazole rings is 1. The van der Waals surface area contributed by atoms with E-state index < -0.39 is 5.97 Å². The predicted molar refractivity (Wildman–Crippen MR) is 127 cm³/mol. The molecule has 8 nitrogen and oxygen atoms in total. The predicted octanol–water partition coefficient (Wildman–Crippen LogP) is 5.27. The molecule has 4 rings (SSSR count). The Kier molecular flexibility index (Phi) is 6.85. The lowest BCUT2D eigenvalue weighted by atomic mass is 10.2. The smallest absolute Gasteiger partial charge is 0.343 e. The summed E-state index contributed by atoms with van der Waals surface area (Å²) in [5.41, 5.74) is 2.07. The van der Waals surface area contributed by atoms with E-state index in [0.717, 1.165) is 5.69 Å². The van der Waals surface area contributed by atoms with Gasteiger partial charge in [-0.05, 0) is 37.4 Å². The Bertz CT molecular complexity index is 1270. The summed E-state index contributed by atoms with van der Waals surface area (Å²) < 4.78 is 10.9. The van der Waals surface area contributed by atoms with Crippen LogP contribution in [-0.2, 0) is 16.1 Å². The molecular weight excluding hydrogens is 460 g/mol. The van der Waals surface area contributed by atoms with Crippen molar-refractivity contribution in [1.82, 2.24) is 15.0 Å². The molecule has 0 aliphatic heterocycles. The van der Waals surface area contributed by atoms with Gasteiger partial charge in [0.05, 0.1) is 23.3 Å². The molecule has 3 aromatic heterocycles. The van der Waals surface area contributed by atoms with Crippen molar-refractivity contribution in [3.63, 3.8) is 0 Å². The van der Waals surface area contributed by atoms with Crippen molar-refractivity contribution in [3.05, 3.63) is 71.1 Å². The Balaban J connectivity index is 1.51. The summed E-state index contributed by atoms with van der Waals surface area (Å²) in [6.45, 7) is 3.17. The minimum absolute atomic E-state index is 0.0386. The molecular formula is C23H20N4O4S2. The Hall–Kier alpha value is -3.50. The minimum Gasteiger partial charge on any atom is -0.461 e. The second kappa shape index (κ2) is 9.97. The first-order valence-corrected chi connectivity index (χ1v) is 12.0. The normalized spacial score (nSPS) is 10.8. The first-order valence-electron chi connectivity index (χ1n) is 9.91. The average molecular weight is 481 g/mol. The Labute approximate surface area is 198 Å². The van der Waals surface area contributed by atoms with E-state index in [1.54, 1.807) is 30.7 Å². The quantitative estimate of drug-likeness (QED) is 0.201. The molecule has 0 bridgehead atoms. The van der Waals surface area contributed by atoms with Crippen molar-refractivity contribution < 1.29 is 18.7 Å². The van der Waals surface area contributed by atoms with E-state index in [4.69, 9.17) is 9.15 Å². The van der Waals surface area contributed by atoms with E-state index in [1.165, 1.54) is 34.9 Å². The third-order valence-electron chi connectivity index (χ3n) is 4.61. The summed E-state index contributed by atoms with van der Waals surface area (Å²) in [6.07, 6.45) is 3.37. The number of esters is 1. The number of aromatic nitrogens is 3. The fourth-order valence-electron chi connectivity index (χ4n) is 3.13. The van der Waals surface area contributed by atoms with E-state index in [1.807, 2.05) is 36.6 Å². The van der Waals surface area contributed by atoms with Crippen LogP contribution in [0.5, 0.6) is 0 Å². The molecule has 33 heavy (non-hydrogen) atoms. The molecule has 1 aromatic carbocycles. The first kappa shape index (κ1) is 22.7. The summed E-state index contributed by atoms with van der Waals surface area (Å²) in [5, 5.41) is 2.77. The zero-order valence-corrected chi connectivity index (χ0v) is 19.8. The average Bonchev–Trinajstić information content (AvgIpc) is 3.50. The third-order valence-corrected chi connectivity index (χ3v) is 6.16. The van der Waals surface area contributed by atoms with Crippen LogP contribution in [0.2, 0.25) is 0 Å². The number of anilines is 2. The number of hydrogen-bond donors (Lipinski definition) is 0. The van der Waals surface area contributed by atoms with E-state index in [-0.39, 0.29) is 12.5 Å². The standard InChI is InChI=1S/C23H20N4O4S2/c1-14-19(21(32-3)26-20(24-14)18-10-7-11-30-18)22(29)31-12-16-13-33-23(25-16)27(15(2)28)17-8-5-4-6-9-17/h4-11,13H,12H2,1-3H3. The molecule has 1 amide bonds. The van der Waals surface area contributed by atoms with Crippen LogP contribution >= 0.6 is 23.1 Å². The van der Waals surface area contributed by atoms with Crippen molar-refractivity contribution in [1.29, 1.82) is 0 Å². The monoisotopic (exact) mass is 480 g/mol. The van der Waals surface area contributed by atoms with E-state index in [2.05, 4.69) is 15.0 Å². The van der Waals surface area contributed by atoms with Crippen LogP contribution in [0.1, 0.15) is 28.7 Å². The molecule has 0 saturated carbocycles. The number of rotatable bonds is 7. The lowest BCUT2D eigenvalue weighted by molar-refractivity contribution is -0.115. The number of hydrogen-bond acceptors (Lipinski definition) is 9. The van der Waals surface area contributed by atoms with E-state index >= 15 is 0 Å². The van der Waals surface area contributed by atoms with Gasteiger partial charge in [-0.25, -0.2) is 19.7 Å². The van der Waals surface area contributed by atoms with Gasteiger partial charge in [0.1, 0.15) is 17.2 Å². The van der Waals surface area contributed by atoms with Crippen molar-refractivity contribution in [3.8, 4) is 11.6 Å². The first-order chi connectivity index (χ1) is 16.0. The largest absolute Gasteiger partial charge is 0.461 e. The molecule has 0 atom stereocenters. The van der Waals surface area contributed by atoms with Crippen LogP contribution in [0.15, 0.2) is 63.6 Å². The molecule has 0 radical (unpaired) electrons. The number of nitrogens with zero attached hydrogens (tertiary/aromatic N) is 4. The fraction of sp³-hybridized carbons (Fsp3) is 0.174. The number of furan rings is 1. The van der Waals surface area contributed by atoms with Crippen LogP contribution in [0.4, 0.5) is 10.8 Å². The Morgan fingerprint density at radius 1 is 1.12 bits per heavy atom. The minimum atomic E-state index is -0.538. The van der Waals surface area contributed by atoms with Gasteiger partial charge in [-0.15, -0.1) is 23.1 Å². The highest BCUT2D eigenvalue weighted by Crippen LogP contribution is 2.30. The highest BCUT2D eigenvalue weighted by Gasteiger charge is 2.22. The number of aryl methyl sites for hydroxylation is 1. The molecule has 4 aromatic rings. The number of benzene rings is 1. The molecule has 0 spiro atoms. The highest BCUT2D eigenvalue weighted by atomic mass is 32.2. The van der Waals surface area contributed by atoms with Gasteiger partial charge >= 0.3 is 5.97 Å². The molecule has 3 heterocycles. The van der Waals surface area contributed by atoms with Crippen molar-refractivity contribution in [2.24, 2.45) is 0 Å². The number of carbonyl (C=O) groups is 2. The maximum atomic E-state index is 12.9. The van der Waals surface area contributed by atoms with Gasteiger partial charge in [0.2, 0.25) is 5.91 Å². The molecule has 10 heteroatoms. The summed E-state index contributed by atoms with van der Waals surface area (Å²) in [5.74, 6) is 0.238. The number of carbonyl (C=O) groups excluding carboxylic acids is 2. The molecule has 0 unspecified atom stereocenters. The Morgan fingerprint density at radius 2 is 1.91 bits per heavy atom. The third kappa shape index (κ3) is 4.96. The van der Waals surface area contributed by atoms with E-state index in [0.29, 0.717) is 38.7 Å². The molecule has 0 saturated heterocycles. The SMILES string of the molecule is CSc1nc(-c2ccco2)nc(C)c1C(=O)OCc1csc(N(C(C)=O)c2ccccc2)n1. The summed E-state index contributed by atoms with van der Waals surface area (Å²) in [6, 6.07) is 12.8. The van der Waals surface area contributed by atoms with Crippen molar-refractivity contribution in [2.45, 2.75) is 25.5 Å². The summed E-state index contributed by atoms with van der Waals surface area (Å²) in [4.78, 5) is 39.9. The van der Waals surface area contributed by atoms with Crippen LogP contribution in [0, 0.1) is 6.92 Å². The zero-order chi connectivity index (χ0) is 23.4. The van der Waals surface area contributed by atoms with Crippen LogP contribution in [-0.4, -0.2) is 33.1 Å². The van der Waals surface area contributed by atoms with Gasteiger partial charge in [0.15, 0.2) is 16.7 Å². The number of para-hydroxylation sites is 1. The molecule has 0 aliphatic carbocycles. The van der Waals surface area contributed by atoms with Crippen molar-refractivity contribution >= 4 is 45.8 Å². The molecule has 168 valence electrons. The van der Waals surface area contributed by atoms with Crippen LogP contribution < -0.4 is 4.90 Å². The van der Waals surface area contributed by atoms with Gasteiger partial charge < -0.3 is 9.15 Å². The highest BCUT2D eigenvalue weighted by molar-refractivity contribution is 7.98. The van der Waals surface area contributed by atoms with Gasteiger partial charge in [0, 0.05) is 12.3 Å². The van der Waals surface area contributed by atoms with Gasteiger partial charge in [0.25, 0.3) is 0 Å². The number of thioether (sulfide) groups is 1. The van der Waals surface area contributed by atoms with Crippen molar-refractivity contribution in [2.75, 3.05) is 11.2 Å². The maximum absolute atomic E-state index is 12.9. The van der Waals surface area contributed by atoms with Gasteiger partial charge in [-0.1, -0.05) is 18.2 Å². The summed E-state index contributed by atoms with van der Waals surface area (Å²) in [7, 11) is 0. The lowest BCUT2D eigenvalue weighted by Crippen LogP contribution is -2.22. The zero-order valence-electron chi connectivity index (χ0n) is 18.1. The lowest BCUT2D eigenvalue weighted by Gasteiger charge is -2.17. The number of ether oxygens (including phenoxy) is 1. The molecule has 0 aliphatic rings. The summed E-state index contributed by atoms with van der Waals surface area (Å²) >= 11 is 2.63. The fourth-order valence-corrected chi connectivity index (χ4v) is 4.61. The van der Waals surface area contributed by atoms with E-state index in [9.17, 15) is 9.59 Å². The van der Waals surface area contributed by atoms with Crippen LogP contribution in [0.25, 0.3) is 11.6 Å².